The van der Waals surface area contributed by atoms with E-state index in [0.29, 0.717) is 31.7 Å². The highest BCUT2D eigenvalue weighted by Gasteiger charge is 2.27. The summed E-state index contributed by atoms with van der Waals surface area (Å²) >= 11 is 0. The van der Waals surface area contributed by atoms with Gasteiger partial charge in [-0.2, -0.15) is 0 Å². The number of carboxylic acid groups (broad SMARTS) is 1. The Kier molecular flexibility index (Phi) is 3.99. The van der Waals surface area contributed by atoms with Crippen molar-refractivity contribution in [3.8, 4) is 5.75 Å². The lowest BCUT2D eigenvalue weighted by Gasteiger charge is -2.29. The molecule has 1 aliphatic rings. The van der Waals surface area contributed by atoms with E-state index in [1.807, 2.05) is 6.92 Å². The first-order valence-corrected chi connectivity index (χ1v) is 6.18. The van der Waals surface area contributed by atoms with E-state index in [-0.39, 0.29) is 5.92 Å². The normalized spacial score (nSPS) is 16.2. The van der Waals surface area contributed by atoms with Gasteiger partial charge in [0.2, 0.25) is 0 Å². The van der Waals surface area contributed by atoms with Gasteiger partial charge in [-0.1, -0.05) is 0 Å². The number of amides is 1. The third-order valence-corrected chi connectivity index (χ3v) is 3.19. The molecule has 2 rings (SSSR count). The van der Waals surface area contributed by atoms with Gasteiger partial charge < -0.3 is 14.7 Å². The van der Waals surface area contributed by atoms with Crippen molar-refractivity contribution in [2.24, 2.45) is 5.92 Å². The number of hydrogen-bond donors (Lipinski definition) is 1. The molecule has 1 saturated heterocycles. The average Bonchev–Trinajstić information content (AvgIpc) is 2.41. The molecular formula is C13H16N2O4. The standard InChI is InChI=1S/C13H16N2O4/c1-9-2-3-11(8-14-9)19-13(18)15-6-4-10(5-7-15)12(16)17/h2-3,8,10H,4-7H2,1H3,(H,16,17). The topological polar surface area (TPSA) is 79.7 Å². The van der Waals surface area contributed by atoms with Crippen LogP contribution >= 0.6 is 0 Å². The molecule has 0 spiro atoms. The van der Waals surface area contributed by atoms with Gasteiger partial charge in [0.05, 0.1) is 12.1 Å². The fraction of sp³-hybridized carbons (Fsp3) is 0.462. The number of hydrogen-bond acceptors (Lipinski definition) is 4. The second-order valence-corrected chi connectivity index (χ2v) is 4.60. The molecular weight excluding hydrogens is 248 g/mol. The lowest BCUT2D eigenvalue weighted by molar-refractivity contribution is -0.143. The van der Waals surface area contributed by atoms with Crippen LogP contribution in [0, 0.1) is 12.8 Å². The molecule has 0 aromatic carbocycles. The van der Waals surface area contributed by atoms with Crippen LogP contribution in [0.5, 0.6) is 5.75 Å². The summed E-state index contributed by atoms with van der Waals surface area (Å²) < 4.78 is 5.18. The molecule has 1 amide bonds. The largest absolute Gasteiger partial charge is 0.481 e. The molecule has 1 aromatic heterocycles. The zero-order valence-electron chi connectivity index (χ0n) is 10.7. The van der Waals surface area contributed by atoms with E-state index in [1.165, 1.54) is 11.1 Å². The Morgan fingerprint density at radius 1 is 1.37 bits per heavy atom. The highest BCUT2D eigenvalue weighted by molar-refractivity contribution is 5.72. The van der Waals surface area contributed by atoms with Gasteiger partial charge in [-0.3, -0.25) is 9.78 Å². The highest BCUT2D eigenvalue weighted by Crippen LogP contribution is 2.19. The van der Waals surface area contributed by atoms with Crippen LogP contribution in [0.1, 0.15) is 18.5 Å². The van der Waals surface area contributed by atoms with Gasteiger partial charge in [-0.15, -0.1) is 0 Å². The highest BCUT2D eigenvalue weighted by atomic mass is 16.6. The van der Waals surface area contributed by atoms with Gasteiger partial charge in [-0.25, -0.2) is 4.79 Å². The van der Waals surface area contributed by atoms with Crippen LogP contribution in [-0.4, -0.2) is 40.1 Å². The molecule has 1 aromatic rings. The minimum Gasteiger partial charge on any atom is -0.481 e. The number of rotatable bonds is 2. The first-order chi connectivity index (χ1) is 9.06. The predicted molar refractivity (Wildman–Crippen MR) is 66.9 cm³/mol. The molecule has 0 unspecified atom stereocenters. The van der Waals surface area contributed by atoms with E-state index in [4.69, 9.17) is 9.84 Å². The second-order valence-electron chi connectivity index (χ2n) is 4.60. The summed E-state index contributed by atoms with van der Waals surface area (Å²) in [5.41, 5.74) is 0.849. The zero-order valence-corrected chi connectivity index (χ0v) is 10.7. The maximum atomic E-state index is 11.9. The van der Waals surface area contributed by atoms with E-state index in [9.17, 15) is 9.59 Å². The molecule has 1 aliphatic heterocycles. The summed E-state index contributed by atoms with van der Waals surface area (Å²) in [5, 5.41) is 8.88. The minimum absolute atomic E-state index is 0.356. The van der Waals surface area contributed by atoms with E-state index in [0.717, 1.165) is 5.69 Å². The summed E-state index contributed by atoms with van der Waals surface area (Å²) in [6.07, 6.45) is 1.99. The van der Waals surface area contributed by atoms with E-state index < -0.39 is 12.1 Å². The summed E-state index contributed by atoms with van der Waals surface area (Å²) in [6, 6.07) is 3.45. The number of aryl methyl sites for hydroxylation is 1. The number of aliphatic carboxylic acids is 1. The maximum absolute atomic E-state index is 11.9. The van der Waals surface area contributed by atoms with Crippen molar-refractivity contribution in [2.75, 3.05) is 13.1 Å². The quantitative estimate of drug-likeness (QED) is 0.879. The van der Waals surface area contributed by atoms with Crippen LogP contribution in [0.2, 0.25) is 0 Å². The van der Waals surface area contributed by atoms with Crippen molar-refractivity contribution in [3.63, 3.8) is 0 Å². The van der Waals surface area contributed by atoms with Crippen LogP contribution in [0.3, 0.4) is 0 Å². The lowest BCUT2D eigenvalue weighted by Crippen LogP contribution is -2.41. The Bertz CT molecular complexity index is 464. The smallest absolute Gasteiger partial charge is 0.415 e. The number of nitrogens with zero attached hydrogens (tertiary/aromatic N) is 2. The number of carbonyl (C=O) groups is 2. The molecule has 102 valence electrons. The average molecular weight is 264 g/mol. The third kappa shape index (κ3) is 3.43. The van der Waals surface area contributed by atoms with Crippen molar-refractivity contribution in [1.82, 2.24) is 9.88 Å². The first kappa shape index (κ1) is 13.3. The summed E-state index contributed by atoms with van der Waals surface area (Å²) in [4.78, 5) is 28.2. The molecule has 1 fully saturated rings. The SMILES string of the molecule is Cc1ccc(OC(=O)N2CCC(C(=O)O)CC2)cn1. The van der Waals surface area contributed by atoms with Crippen molar-refractivity contribution in [1.29, 1.82) is 0 Å². The molecule has 6 nitrogen and oxygen atoms in total. The number of carboxylic acids is 1. The minimum atomic E-state index is -0.796. The number of aromatic nitrogens is 1. The van der Waals surface area contributed by atoms with E-state index in [2.05, 4.69) is 4.98 Å². The molecule has 2 heterocycles. The lowest BCUT2D eigenvalue weighted by atomic mass is 9.97. The van der Waals surface area contributed by atoms with Gasteiger partial charge in [-0.05, 0) is 31.9 Å². The number of ether oxygens (including phenoxy) is 1. The van der Waals surface area contributed by atoms with E-state index >= 15 is 0 Å². The van der Waals surface area contributed by atoms with Crippen molar-refractivity contribution in [2.45, 2.75) is 19.8 Å². The molecule has 19 heavy (non-hydrogen) atoms. The Hall–Kier alpha value is -2.11. The van der Waals surface area contributed by atoms with Crippen molar-refractivity contribution in [3.05, 3.63) is 24.0 Å². The molecule has 0 saturated carbocycles. The molecule has 0 aliphatic carbocycles. The molecule has 1 N–H and O–H groups in total. The van der Waals surface area contributed by atoms with Gasteiger partial charge in [0.15, 0.2) is 5.75 Å². The Labute approximate surface area is 111 Å². The van der Waals surface area contributed by atoms with Crippen LogP contribution in [0.4, 0.5) is 4.79 Å². The number of piperidine rings is 1. The van der Waals surface area contributed by atoms with Crippen molar-refractivity contribution >= 4 is 12.1 Å². The molecule has 6 heteroatoms. The van der Waals surface area contributed by atoms with Gasteiger partial charge in [0.1, 0.15) is 0 Å². The van der Waals surface area contributed by atoms with Gasteiger partial charge >= 0.3 is 12.1 Å². The summed E-state index contributed by atoms with van der Waals surface area (Å²) in [7, 11) is 0. The Morgan fingerprint density at radius 3 is 2.58 bits per heavy atom. The fourth-order valence-electron chi connectivity index (χ4n) is 1.99. The molecule has 0 bridgehead atoms. The van der Waals surface area contributed by atoms with E-state index in [1.54, 1.807) is 12.1 Å². The number of likely N-dealkylation sites (tertiary alicyclic amines) is 1. The fourth-order valence-corrected chi connectivity index (χ4v) is 1.99. The zero-order chi connectivity index (χ0) is 13.8. The van der Waals surface area contributed by atoms with Crippen LogP contribution in [-0.2, 0) is 4.79 Å². The Morgan fingerprint density at radius 2 is 2.05 bits per heavy atom. The summed E-state index contributed by atoms with van der Waals surface area (Å²) in [5.74, 6) is -0.753. The second kappa shape index (κ2) is 5.69. The number of pyridine rings is 1. The summed E-state index contributed by atoms with van der Waals surface area (Å²) in [6.45, 7) is 2.67. The van der Waals surface area contributed by atoms with Gasteiger partial charge in [0, 0.05) is 18.8 Å². The predicted octanol–water partition coefficient (Wildman–Crippen LogP) is 1.69. The third-order valence-electron chi connectivity index (χ3n) is 3.19. The Balaban J connectivity index is 1.88. The molecule has 0 radical (unpaired) electrons. The van der Waals surface area contributed by atoms with Crippen LogP contribution < -0.4 is 4.74 Å². The first-order valence-electron chi connectivity index (χ1n) is 6.18. The van der Waals surface area contributed by atoms with Crippen molar-refractivity contribution < 1.29 is 19.4 Å². The molecule has 0 atom stereocenters. The van der Waals surface area contributed by atoms with Gasteiger partial charge in [0.25, 0.3) is 0 Å². The van der Waals surface area contributed by atoms with Crippen LogP contribution in [0.15, 0.2) is 18.3 Å². The monoisotopic (exact) mass is 264 g/mol. The number of carbonyl (C=O) groups excluding carboxylic acids is 1. The van der Waals surface area contributed by atoms with Crippen LogP contribution in [0.25, 0.3) is 0 Å². The maximum Gasteiger partial charge on any atom is 0.415 e.